The molecule has 7 nitrogen and oxygen atoms in total. The minimum Gasteiger partial charge on any atom is -0.508 e. The van der Waals surface area contributed by atoms with Gasteiger partial charge in [0.15, 0.2) is 5.65 Å². The third kappa shape index (κ3) is 3.98. The van der Waals surface area contributed by atoms with Gasteiger partial charge in [0.2, 0.25) is 0 Å². The number of aromatic hydroxyl groups is 1. The number of H-pyrrole nitrogens is 1. The van der Waals surface area contributed by atoms with Gasteiger partial charge in [-0.15, -0.1) is 12.4 Å². The van der Waals surface area contributed by atoms with Crippen LogP contribution in [-0.4, -0.2) is 51.5 Å². The molecule has 0 aliphatic carbocycles. The number of anilines is 2. The maximum atomic E-state index is 9.89. The Kier molecular flexibility index (Phi) is 5.89. The van der Waals surface area contributed by atoms with Crippen molar-refractivity contribution in [3.8, 4) is 17.0 Å². The second kappa shape index (κ2) is 8.61. The lowest BCUT2D eigenvalue weighted by atomic mass is 10.1. The van der Waals surface area contributed by atoms with E-state index >= 15 is 0 Å². The number of phenolic OH excluding ortho intramolecular Hbond substituents is 1. The number of benzene rings is 2. The lowest BCUT2D eigenvalue weighted by molar-refractivity contribution is 0.475. The van der Waals surface area contributed by atoms with Gasteiger partial charge in [0.25, 0.3) is 0 Å². The zero-order chi connectivity index (χ0) is 20.7. The van der Waals surface area contributed by atoms with E-state index in [9.17, 15) is 5.11 Å². The number of nitrogens with zero attached hydrogens (tertiary/aromatic N) is 5. The Morgan fingerprint density at radius 3 is 2.55 bits per heavy atom. The second-order valence-corrected chi connectivity index (χ2v) is 7.89. The summed E-state index contributed by atoms with van der Waals surface area (Å²) in [5.74, 6) is 1.06. The molecule has 0 bridgehead atoms. The number of hydrogen-bond acceptors (Lipinski definition) is 6. The highest BCUT2D eigenvalue weighted by Crippen LogP contribution is 2.34. The summed E-state index contributed by atoms with van der Waals surface area (Å²) in [6.07, 6.45) is 1.55. The van der Waals surface area contributed by atoms with Gasteiger partial charge in [0, 0.05) is 42.5 Å². The van der Waals surface area contributed by atoms with Crippen LogP contribution in [0.1, 0.15) is 5.56 Å². The zero-order valence-corrected chi connectivity index (χ0v) is 18.5. The van der Waals surface area contributed by atoms with Gasteiger partial charge in [-0.2, -0.15) is 5.10 Å². The van der Waals surface area contributed by atoms with E-state index in [0.29, 0.717) is 5.65 Å². The monoisotopic (exact) mass is 456 g/mol. The molecule has 5 rings (SSSR count). The molecule has 160 valence electrons. The van der Waals surface area contributed by atoms with Crippen LogP contribution in [0.25, 0.3) is 22.3 Å². The molecule has 0 radical (unpaired) electrons. The first kappa shape index (κ1) is 21.2. The van der Waals surface area contributed by atoms with Crippen LogP contribution in [0.2, 0.25) is 5.02 Å². The maximum absolute atomic E-state index is 9.89. The van der Waals surface area contributed by atoms with Crippen molar-refractivity contribution in [1.29, 1.82) is 0 Å². The summed E-state index contributed by atoms with van der Waals surface area (Å²) >= 11 is 6.22. The van der Waals surface area contributed by atoms with E-state index in [-0.39, 0.29) is 18.2 Å². The first-order chi connectivity index (χ1) is 14.6. The van der Waals surface area contributed by atoms with Crippen LogP contribution in [0.15, 0.2) is 48.8 Å². The molecule has 1 saturated heterocycles. The largest absolute Gasteiger partial charge is 0.508 e. The van der Waals surface area contributed by atoms with Crippen LogP contribution in [-0.2, 0) is 0 Å². The molecular formula is C22H22Cl2N6O. The van der Waals surface area contributed by atoms with Crippen molar-refractivity contribution in [2.45, 2.75) is 6.92 Å². The van der Waals surface area contributed by atoms with Crippen LogP contribution in [0.4, 0.5) is 11.5 Å². The topological polar surface area (TPSA) is 81.2 Å². The van der Waals surface area contributed by atoms with E-state index in [1.807, 2.05) is 24.3 Å². The van der Waals surface area contributed by atoms with Crippen LogP contribution >= 0.6 is 24.0 Å². The highest BCUT2D eigenvalue weighted by Gasteiger charge is 2.24. The van der Waals surface area contributed by atoms with Gasteiger partial charge in [-0.1, -0.05) is 29.8 Å². The molecule has 9 heteroatoms. The Balaban J connectivity index is 0.00000231. The first-order valence-electron chi connectivity index (χ1n) is 9.84. The Morgan fingerprint density at radius 2 is 1.77 bits per heavy atom. The minimum absolute atomic E-state index is 0. The van der Waals surface area contributed by atoms with E-state index < -0.39 is 0 Å². The molecule has 1 aliphatic rings. The van der Waals surface area contributed by atoms with Crippen molar-refractivity contribution >= 4 is 46.5 Å². The molecule has 1 aliphatic heterocycles. The van der Waals surface area contributed by atoms with Crippen LogP contribution < -0.4 is 9.80 Å². The Bertz CT molecular complexity index is 1220. The van der Waals surface area contributed by atoms with Crippen molar-refractivity contribution in [1.82, 2.24) is 20.2 Å². The van der Waals surface area contributed by atoms with Gasteiger partial charge in [0.1, 0.15) is 17.9 Å². The predicted molar refractivity (Wildman–Crippen MR) is 127 cm³/mol. The number of rotatable bonds is 3. The molecule has 4 aromatic rings. The molecule has 0 saturated carbocycles. The highest BCUT2D eigenvalue weighted by atomic mass is 35.5. The molecule has 31 heavy (non-hydrogen) atoms. The second-order valence-electron chi connectivity index (χ2n) is 7.45. The number of phenols is 1. The third-order valence-corrected chi connectivity index (χ3v) is 5.79. The minimum atomic E-state index is 0. The molecule has 2 N–H and O–H groups in total. The lowest BCUT2D eigenvalue weighted by Gasteiger charge is -2.37. The van der Waals surface area contributed by atoms with E-state index in [0.717, 1.165) is 53.7 Å². The molecule has 0 amide bonds. The molecule has 2 aromatic carbocycles. The zero-order valence-electron chi connectivity index (χ0n) is 16.9. The van der Waals surface area contributed by atoms with Crippen LogP contribution in [0, 0.1) is 6.92 Å². The molecular weight excluding hydrogens is 435 g/mol. The van der Waals surface area contributed by atoms with Gasteiger partial charge in [-0.3, -0.25) is 5.10 Å². The van der Waals surface area contributed by atoms with E-state index in [4.69, 9.17) is 11.6 Å². The average molecular weight is 457 g/mol. The van der Waals surface area contributed by atoms with Gasteiger partial charge in [-0.05, 0) is 36.8 Å². The molecule has 1 fully saturated rings. The summed E-state index contributed by atoms with van der Waals surface area (Å²) in [6, 6.07) is 13.1. The standard InChI is InChI=1S/C22H21ClN6O.ClH/c1-14-5-6-16(23)12-18(14)28-7-9-29(10-8-28)22-19-20(15-3-2-4-17(30)11-15)26-27-21(19)24-13-25-22;/h2-6,11-13,30H,7-10H2,1H3,(H,24,25,26,27);1H. The summed E-state index contributed by atoms with van der Waals surface area (Å²) in [6.45, 7) is 5.49. The number of aromatic nitrogens is 4. The Hall–Kier alpha value is -3.03. The molecule has 2 aromatic heterocycles. The Morgan fingerprint density at radius 1 is 1.00 bits per heavy atom. The highest BCUT2D eigenvalue weighted by molar-refractivity contribution is 6.30. The number of hydrogen-bond donors (Lipinski definition) is 2. The molecule has 0 atom stereocenters. The number of piperazine rings is 1. The van der Waals surface area contributed by atoms with Crippen LogP contribution in [0.3, 0.4) is 0 Å². The number of halogens is 2. The predicted octanol–water partition coefficient (Wildman–Crippen LogP) is 4.44. The SMILES string of the molecule is Cc1ccc(Cl)cc1N1CCN(c2ncnc3n[nH]c(-c4cccc(O)c4)c23)CC1.Cl. The quantitative estimate of drug-likeness (QED) is 0.474. The molecule has 0 spiro atoms. The summed E-state index contributed by atoms with van der Waals surface area (Å²) in [4.78, 5) is 13.5. The lowest BCUT2D eigenvalue weighted by Crippen LogP contribution is -2.47. The third-order valence-electron chi connectivity index (χ3n) is 5.56. The fourth-order valence-electron chi connectivity index (χ4n) is 4.03. The number of aryl methyl sites for hydroxylation is 1. The normalized spacial score (nSPS) is 14.0. The summed E-state index contributed by atoms with van der Waals surface area (Å²) in [7, 11) is 0. The van der Waals surface area contributed by atoms with Crippen LogP contribution in [0.5, 0.6) is 5.75 Å². The summed E-state index contributed by atoms with van der Waals surface area (Å²) < 4.78 is 0. The number of aromatic amines is 1. The van der Waals surface area contributed by atoms with E-state index in [2.05, 4.69) is 43.0 Å². The maximum Gasteiger partial charge on any atom is 0.186 e. The summed E-state index contributed by atoms with van der Waals surface area (Å²) in [5, 5.41) is 18.9. The fraction of sp³-hybridized carbons (Fsp3) is 0.227. The van der Waals surface area contributed by atoms with Crippen molar-refractivity contribution in [2.24, 2.45) is 0 Å². The number of nitrogens with one attached hydrogen (secondary N) is 1. The molecule has 0 unspecified atom stereocenters. The fourth-order valence-corrected chi connectivity index (χ4v) is 4.20. The first-order valence-corrected chi connectivity index (χ1v) is 10.2. The van der Waals surface area contributed by atoms with Gasteiger partial charge in [0.05, 0.1) is 11.1 Å². The van der Waals surface area contributed by atoms with Crippen molar-refractivity contribution in [3.05, 3.63) is 59.4 Å². The van der Waals surface area contributed by atoms with Gasteiger partial charge >= 0.3 is 0 Å². The smallest absolute Gasteiger partial charge is 0.186 e. The van der Waals surface area contributed by atoms with Gasteiger partial charge in [-0.25, -0.2) is 9.97 Å². The van der Waals surface area contributed by atoms with Crippen molar-refractivity contribution in [3.63, 3.8) is 0 Å². The van der Waals surface area contributed by atoms with Gasteiger partial charge < -0.3 is 14.9 Å². The van der Waals surface area contributed by atoms with Crippen molar-refractivity contribution in [2.75, 3.05) is 36.0 Å². The van der Waals surface area contributed by atoms with E-state index in [1.165, 1.54) is 11.3 Å². The number of fused-ring (bicyclic) bond motifs is 1. The Labute approximate surface area is 191 Å². The van der Waals surface area contributed by atoms with Crippen molar-refractivity contribution < 1.29 is 5.11 Å². The van der Waals surface area contributed by atoms with E-state index in [1.54, 1.807) is 18.5 Å². The molecule has 3 heterocycles. The average Bonchev–Trinajstić information content (AvgIpc) is 3.20. The summed E-state index contributed by atoms with van der Waals surface area (Å²) in [5.41, 5.74) is 4.68.